The summed E-state index contributed by atoms with van der Waals surface area (Å²) in [5.41, 5.74) is 0.327. The molecule has 1 aromatic heterocycles. The third kappa shape index (κ3) is 1.98. The van der Waals surface area contributed by atoms with Crippen LogP contribution in [0.25, 0.3) is 10.8 Å². The lowest BCUT2D eigenvalue weighted by molar-refractivity contribution is 0.0601. The van der Waals surface area contributed by atoms with E-state index in [1.54, 1.807) is 31.4 Å². The van der Waals surface area contributed by atoms with Crippen LogP contribution in [0.2, 0.25) is 0 Å². The van der Waals surface area contributed by atoms with E-state index in [1.165, 1.54) is 11.7 Å². The number of carbonyl (C=O) groups excluding carboxylic acids is 1. The summed E-state index contributed by atoms with van der Waals surface area (Å²) >= 11 is 3.38. The van der Waals surface area contributed by atoms with Gasteiger partial charge in [0.2, 0.25) is 0 Å². The molecule has 5 heteroatoms. The lowest BCUT2D eigenvalue weighted by Gasteiger charge is -2.06. The maximum Gasteiger partial charge on any atom is 0.337 e. The molecule has 0 aliphatic heterocycles. The highest BCUT2D eigenvalue weighted by molar-refractivity contribution is 9.10. The van der Waals surface area contributed by atoms with E-state index in [0.717, 1.165) is 4.47 Å². The molecule has 2 aromatic rings. The highest BCUT2D eigenvalue weighted by Gasteiger charge is 2.10. The second-order valence-corrected chi connectivity index (χ2v) is 4.50. The summed E-state index contributed by atoms with van der Waals surface area (Å²) in [4.78, 5) is 23.3. The molecule has 0 fully saturated rings. The van der Waals surface area contributed by atoms with Crippen molar-refractivity contribution in [3.05, 3.63) is 44.8 Å². The number of esters is 1. The van der Waals surface area contributed by atoms with Crippen molar-refractivity contribution in [1.82, 2.24) is 4.57 Å². The van der Waals surface area contributed by atoms with Crippen molar-refractivity contribution in [2.45, 2.75) is 0 Å². The quantitative estimate of drug-likeness (QED) is 0.757. The van der Waals surface area contributed by atoms with Gasteiger partial charge in [0.15, 0.2) is 0 Å². The summed E-state index contributed by atoms with van der Waals surface area (Å²) in [5.74, 6) is -0.417. The number of benzene rings is 1. The van der Waals surface area contributed by atoms with Gasteiger partial charge in [0.25, 0.3) is 5.56 Å². The minimum Gasteiger partial charge on any atom is -0.465 e. The number of aryl methyl sites for hydroxylation is 1. The Kier molecular flexibility index (Phi) is 3.02. The molecule has 0 amide bonds. The maximum atomic E-state index is 11.9. The smallest absolute Gasteiger partial charge is 0.337 e. The number of aromatic nitrogens is 1. The minimum atomic E-state index is -0.417. The topological polar surface area (TPSA) is 48.3 Å². The monoisotopic (exact) mass is 295 g/mol. The van der Waals surface area contributed by atoms with Crippen LogP contribution < -0.4 is 5.56 Å². The highest BCUT2D eigenvalue weighted by Crippen LogP contribution is 2.22. The van der Waals surface area contributed by atoms with Gasteiger partial charge >= 0.3 is 5.97 Å². The minimum absolute atomic E-state index is 0.0976. The van der Waals surface area contributed by atoms with E-state index in [9.17, 15) is 9.59 Å². The molecule has 0 saturated heterocycles. The molecule has 4 nitrogen and oxygen atoms in total. The van der Waals surface area contributed by atoms with Gasteiger partial charge in [-0.05, 0) is 34.1 Å². The Balaban J connectivity index is 2.79. The van der Waals surface area contributed by atoms with E-state index in [-0.39, 0.29) is 5.56 Å². The van der Waals surface area contributed by atoms with Crippen LogP contribution in [-0.2, 0) is 11.8 Å². The van der Waals surface area contributed by atoms with E-state index < -0.39 is 5.97 Å². The van der Waals surface area contributed by atoms with Gasteiger partial charge in [-0.3, -0.25) is 4.79 Å². The zero-order chi connectivity index (χ0) is 12.6. The van der Waals surface area contributed by atoms with Crippen LogP contribution in [0, 0.1) is 0 Å². The molecule has 0 bridgehead atoms. The maximum absolute atomic E-state index is 11.9. The largest absolute Gasteiger partial charge is 0.465 e. The molecule has 0 N–H and O–H groups in total. The van der Waals surface area contributed by atoms with Crippen LogP contribution in [0.3, 0.4) is 0 Å². The number of halogens is 1. The molecule has 88 valence electrons. The fourth-order valence-electron chi connectivity index (χ4n) is 1.66. The second kappa shape index (κ2) is 4.33. The van der Waals surface area contributed by atoms with Crippen LogP contribution >= 0.6 is 15.9 Å². The van der Waals surface area contributed by atoms with Crippen LogP contribution in [0.15, 0.2) is 33.7 Å². The Morgan fingerprint density at radius 3 is 2.71 bits per heavy atom. The molecule has 0 radical (unpaired) electrons. The number of fused-ring (bicyclic) bond motifs is 1. The van der Waals surface area contributed by atoms with Crippen molar-refractivity contribution >= 4 is 32.7 Å². The Morgan fingerprint density at radius 2 is 2.06 bits per heavy atom. The Labute approximate surface area is 106 Å². The SMILES string of the molecule is COC(=O)c1ccc2c(=O)n(C)cc(Br)c2c1. The van der Waals surface area contributed by atoms with Gasteiger partial charge in [-0.1, -0.05) is 0 Å². The van der Waals surface area contributed by atoms with E-state index in [4.69, 9.17) is 0 Å². The van der Waals surface area contributed by atoms with Crippen molar-refractivity contribution in [2.24, 2.45) is 7.05 Å². The number of rotatable bonds is 1. The third-order valence-corrected chi connectivity index (χ3v) is 3.19. The molecule has 1 aromatic carbocycles. The number of ether oxygens (including phenoxy) is 1. The molecule has 0 spiro atoms. The summed E-state index contributed by atoms with van der Waals surface area (Å²) in [6, 6.07) is 4.86. The first kappa shape index (κ1) is 11.9. The lowest BCUT2D eigenvalue weighted by atomic mass is 10.1. The Bertz CT molecular complexity index is 661. The number of nitrogens with zero attached hydrogens (tertiary/aromatic N) is 1. The zero-order valence-electron chi connectivity index (χ0n) is 9.36. The summed E-state index contributed by atoms with van der Waals surface area (Å²) in [6.45, 7) is 0. The second-order valence-electron chi connectivity index (χ2n) is 3.65. The van der Waals surface area contributed by atoms with Crippen molar-refractivity contribution in [2.75, 3.05) is 7.11 Å². The molecule has 0 unspecified atom stereocenters. The number of carbonyl (C=O) groups is 1. The van der Waals surface area contributed by atoms with Gasteiger partial charge in [0.1, 0.15) is 0 Å². The average Bonchev–Trinajstić information content (AvgIpc) is 2.34. The fraction of sp³-hybridized carbons (Fsp3) is 0.167. The van der Waals surface area contributed by atoms with Crippen LogP contribution in [-0.4, -0.2) is 17.6 Å². The fourth-order valence-corrected chi connectivity index (χ4v) is 2.30. The predicted octanol–water partition coefficient (Wildman–Crippen LogP) is 2.09. The van der Waals surface area contributed by atoms with E-state index in [1.807, 2.05) is 0 Å². The van der Waals surface area contributed by atoms with Gasteiger partial charge in [-0.25, -0.2) is 4.79 Å². The zero-order valence-corrected chi connectivity index (χ0v) is 10.9. The molecule has 0 aliphatic carbocycles. The highest BCUT2D eigenvalue weighted by atomic mass is 79.9. The number of pyridine rings is 1. The molecule has 17 heavy (non-hydrogen) atoms. The molecule has 2 rings (SSSR count). The standard InChI is InChI=1S/C12H10BrNO3/c1-14-6-10(13)9-5-7(12(16)17-2)3-4-8(9)11(14)15/h3-6H,1-2H3. The van der Waals surface area contributed by atoms with Gasteiger partial charge in [-0.2, -0.15) is 0 Å². The Hall–Kier alpha value is -1.62. The summed E-state index contributed by atoms with van der Waals surface area (Å²) in [7, 11) is 3.01. The van der Waals surface area contributed by atoms with Crippen molar-refractivity contribution in [1.29, 1.82) is 0 Å². The number of hydrogen-bond donors (Lipinski definition) is 0. The normalized spacial score (nSPS) is 10.5. The number of hydrogen-bond acceptors (Lipinski definition) is 3. The first-order chi connectivity index (χ1) is 8.04. The predicted molar refractivity (Wildman–Crippen MR) is 68.2 cm³/mol. The van der Waals surface area contributed by atoms with Gasteiger partial charge in [-0.15, -0.1) is 0 Å². The first-order valence-corrected chi connectivity index (χ1v) is 5.71. The van der Waals surface area contributed by atoms with Crippen molar-refractivity contribution in [3.63, 3.8) is 0 Å². The molecular weight excluding hydrogens is 286 g/mol. The molecule has 0 atom stereocenters. The first-order valence-electron chi connectivity index (χ1n) is 4.92. The number of methoxy groups -OCH3 is 1. The van der Waals surface area contributed by atoms with E-state index in [0.29, 0.717) is 16.3 Å². The molecule has 0 saturated carbocycles. The summed E-state index contributed by atoms with van der Waals surface area (Å²) < 4.78 is 6.90. The molecule has 1 heterocycles. The third-order valence-electron chi connectivity index (χ3n) is 2.56. The van der Waals surface area contributed by atoms with Crippen LogP contribution in [0.1, 0.15) is 10.4 Å². The summed E-state index contributed by atoms with van der Waals surface area (Å²) in [5, 5.41) is 1.27. The summed E-state index contributed by atoms with van der Waals surface area (Å²) in [6.07, 6.45) is 1.67. The van der Waals surface area contributed by atoms with Crippen molar-refractivity contribution < 1.29 is 9.53 Å². The lowest BCUT2D eigenvalue weighted by Crippen LogP contribution is -2.16. The molecular formula is C12H10BrNO3. The van der Waals surface area contributed by atoms with E-state index >= 15 is 0 Å². The van der Waals surface area contributed by atoms with Gasteiger partial charge in [0.05, 0.1) is 12.7 Å². The van der Waals surface area contributed by atoms with Gasteiger partial charge in [0, 0.05) is 28.5 Å². The van der Waals surface area contributed by atoms with E-state index in [2.05, 4.69) is 20.7 Å². The van der Waals surface area contributed by atoms with Gasteiger partial charge < -0.3 is 9.30 Å². The van der Waals surface area contributed by atoms with Crippen LogP contribution in [0.5, 0.6) is 0 Å². The van der Waals surface area contributed by atoms with Crippen LogP contribution in [0.4, 0.5) is 0 Å². The Morgan fingerprint density at radius 1 is 1.35 bits per heavy atom. The molecule has 0 aliphatic rings. The van der Waals surface area contributed by atoms with Crippen molar-refractivity contribution in [3.8, 4) is 0 Å². The average molecular weight is 296 g/mol.